The number of nitrogen functional groups attached to an aromatic ring is 1. The molecule has 2 rings (SSSR count). The van der Waals surface area contributed by atoms with E-state index in [0.717, 1.165) is 10.6 Å². The summed E-state index contributed by atoms with van der Waals surface area (Å²) >= 11 is 4.63. The fourth-order valence-electron chi connectivity index (χ4n) is 1.46. The molecule has 8 heteroatoms. The summed E-state index contributed by atoms with van der Waals surface area (Å²) in [5, 5.41) is 0. The number of nitrogens with one attached hydrogen (secondary N) is 1. The van der Waals surface area contributed by atoms with Gasteiger partial charge in [-0.25, -0.2) is 18.1 Å². The highest BCUT2D eigenvalue weighted by atomic mass is 79.9. The number of thiazole rings is 1. The molecule has 0 radical (unpaired) electrons. The lowest BCUT2D eigenvalue weighted by Gasteiger charge is -2.08. The van der Waals surface area contributed by atoms with Crippen LogP contribution in [0.3, 0.4) is 0 Å². The molecule has 1 aromatic carbocycles. The van der Waals surface area contributed by atoms with Crippen LogP contribution in [0.15, 0.2) is 33.1 Å². The third-order valence-corrected chi connectivity index (χ3v) is 5.84. The first-order valence-corrected chi connectivity index (χ1v) is 8.49. The Balaban J connectivity index is 2.23. The molecule has 0 saturated carbocycles. The van der Waals surface area contributed by atoms with Crippen molar-refractivity contribution in [2.24, 2.45) is 0 Å². The molecule has 1 aromatic heterocycles. The molecule has 0 amide bonds. The molecule has 0 atom stereocenters. The standard InChI is InChI=1S/C11H12BrN3O2S2/c1-7-10(18-6-14-7)5-15-19(16,17)11-4-8(13)2-3-9(11)12/h2-4,6,15H,5,13H2,1H3. The van der Waals surface area contributed by atoms with Gasteiger partial charge in [0.1, 0.15) is 0 Å². The number of benzene rings is 1. The number of sulfonamides is 1. The Morgan fingerprint density at radius 3 is 2.84 bits per heavy atom. The van der Waals surface area contributed by atoms with E-state index in [4.69, 9.17) is 5.73 Å². The smallest absolute Gasteiger partial charge is 0.242 e. The first-order valence-electron chi connectivity index (χ1n) is 5.34. The quantitative estimate of drug-likeness (QED) is 0.818. The highest BCUT2D eigenvalue weighted by Crippen LogP contribution is 2.24. The number of rotatable bonds is 4. The number of nitrogens with two attached hydrogens (primary N) is 1. The maximum absolute atomic E-state index is 12.2. The summed E-state index contributed by atoms with van der Waals surface area (Å²) in [4.78, 5) is 5.10. The molecule has 0 bridgehead atoms. The van der Waals surface area contributed by atoms with Gasteiger partial charge in [-0.05, 0) is 41.1 Å². The normalized spacial score (nSPS) is 11.7. The lowest BCUT2D eigenvalue weighted by Crippen LogP contribution is -2.23. The highest BCUT2D eigenvalue weighted by Gasteiger charge is 2.18. The molecule has 102 valence electrons. The zero-order valence-corrected chi connectivity index (χ0v) is 13.3. The van der Waals surface area contributed by atoms with Gasteiger partial charge in [-0.3, -0.25) is 0 Å². The lowest BCUT2D eigenvalue weighted by atomic mass is 10.3. The molecule has 0 aliphatic heterocycles. The zero-order chi connectivity index (χ0) is 14.0. The third kappa shape index (κ3) is 3.33. The summed E-state index contributed by atoms with van der Waals surface area (Å²) in [5.74, 6) is 0. The van der Waals surface area contributed by atoms with Crippen LogP contribution in [0.2, 0.25) is 0 Å². The Labute approximate surface area is 124 Å². The second-order valence-electron chi connectivity index (χ2n) is 3.88. The average Bonchev–Trinajstić information content (AvgIpc) is 2.75. The molecule has 19 heavy (non-hydrogen) atoms. The number of hydrogen-bond acceptors (Lipinski definition) is 5. The fraction of sp³-hybridized carbons (Fsp3) is 0.182. The lowest BCUT2D eigenvalue weighted by molar-refractivity contribution is 0.581. The van der Waals surface area contributed by atoms with Crippen molar-refractivity contribution in [2.75, 3.05) is 5.73 Å². The van der Waals surface area contributed by atoms with E-state index >= 15 is 0 Å². The van der Waals surface area contributed by atoms with Crippen LogP contribution in [0, 0.1) is 6.92 Å². The minimum atomic E-state index is -3.60. The molecule has 5 nitrogen and oxygen atoms in total. The second-order valence-corrected chi connectivity index (χ2v) is 7.40. The molecule has 0 aliphatic carbocycles. The van der Waals surface area contributed by atoms with Crippen LogP contribution < -0.4 is 10.5 Å². The largest absolute Gasteiger partial charge is 0.399 e. The Morgan fingerprint density at radius 1 is 1.47 bits per heavy atom. The van der Waals surface area contributed by atoms with Gasteiger partial charge in [0.25, 0.3) is 0 Å². The summed E-state index contributed by atoms with van der Waals surface area (Å²) in [7, 11) is -3.60. The summed E-state index contributed by atoms with van der Waals surface area (Å²) in [6.07, 6.45) is 0. The minimum absolute atomic E-state index is 0.134. The Kier molecular flexibility index (Phi) is 4.24. The van der Waals surface area contributed by atoms with E-state index in [1.807, 2.05) is 6.92 Å². The number of hydrogen-bond donors (Lipinski definition) is 2. The van der Waals surface area contributed by atoms with Gasteiger partial charge < -0.3 is 5.73 Å². The summed E-state index contributed by atoms with van der Waals surface area (Å²) in [6.45, 7) is 2.07. The van der Waals surface area contributed by atoms with Crippen molar-refractivity contribution in [3.63, 3.8) is 0 Å². The van der Waals surface area contributed by atoms with Crippen LogP contribution in [0.25, 0.3) is 0 Å². The Hall–Kier alpha value is -0.960. The van der Waals surface area contributed by atoms with Gasteiger partial charge in [-0.15, -0.1) is 11.3 Å². The molecule has 2 aromatic rings. The maximum atomic E-state index is 12.2. The molecule has 0 saturated heterocycles. The molecule has 0 fully saturated rings. The Bertz CT molecular complexity index is 698. The number of halogens is 1. The van der Waals surface area contributed by atoms with Gasteiger partial charge in [0.05, 0.1) is 16.1 Å². The highest BCUT2D eigenvalue weighted by molar-refractivity contribution is 9.10. The molecule has 0 spiro atoms. The van der Waals surface area contributed by atoms with Crippen molar-refractivity contribution < 1.29 is 8.42 Å². The predicted octanol–water partition coefficient (Wildman–Crippen LogP) is 2.27. The molecular weight excluding hydrogens is 350 g/mol. The molecular formula is C11H12BrN3O2S2. The van der Waals surface area contributed by atoms with Crippen LogP contribution in [0.1, 0.15) is 10.6 Å². The molecule has 3 N–H and O–H groups in total. The van der Waals surface area contributed by atoms with E-state index < -0.39 is 10.0 Å². The van der Waals surface area contributed by atoms with Gasteiger partial charge >= 0.3 is 0 Å². The van der Waals surface area contributed by atoms with E-state index in [9.17, 15) is 8.42 Å². The maximum Gasteiger partial charge on any atom is 0.242 e. The predicted molar refractivity (Wildman–Crippen MR) is 79.4 cm³/mol. The molecule has 1 heterocycles. The average molecular weight is 362 g/mol. The summed E-state index contributed by atoms with van der Waals surface area (Å²) < 4.78 is 27.4. The van der Waals surface area contributed by atoms with Crippen molar-refractivity contribution in [2.45, 2.75) is 18.4 Å². The first kappa shape index (κ1) is 14.4. The molecule has 0 aliphatic rings. The van der Waals surface area contributed by atoms with E-state index in [1.165, 1.54) is 17.4 Å². The first-order chi connectivity index (χ1) is 8.90. The summed E-state index contributed by atoms with van der Waals surface area (Å²) in [6, 6.07) is 4.67. The third-order valence-electron chi connectivity index (χ3n) is 2.51. The van der Waals surface area contributed by atoms with Gasteiger partial charge in [-0.2, -0.15) is 0 Å². The van der Waals surface area contributed by atoms with E-state index in [2.05, 4.69) is 25.6 Å². The van der Waals surface area contributed by atoms with Crippen LogP contribution in [0.4, 0.5) is 5.69 Å². The van der Waals surface area contributed by atoms with Crippen molar-refractivity contribution in [1.82, 2.24) is 9.71 Å². The Morgan fingerprint density at radius 2 is 2.21 bits per heavy atom. The van der Waals surface area contributed by atoms with Crippen molar-refractivity contribution in [1.29, 1.82) is 0 Å². The number of anilines is 1. The van der Waals surface area contributed by atoms with E-state index in [0.29, 0.717) is 10.2 Å². The zero-order valence-electron chi connectivity index (χ0n) is 10.1. The fourth-order valence-corrected chi connectivity index (χ4v) is 4.26. The number of aryl methyl sites for hydroxylation is 1. The van der Waals surface area contributed by atoms with Crippen molar-refractivity contribution in [3.05, 3.63) is 38.8 Å². The topological polar surface area (TPSA) is 85.1 Å². The van der Waals surface area contributed by atoms with Gasteiger partial charge in [0.15, 0.2) is 0 Å². The SMILES string of the molecule is Cc1ncsc1CNS(=O)(=O)c1cc(N)ccc1Br. The van der Waals surface area contributed by atoms with Gasteiger partial charge in [0.2, 0.25) is 10.0 Å². The molecule has 0 unspecified atom stereocenters. The second kappa shape index (κ2) is 5.58. The van der Waals surface area contributed by atoms with Crippen molar-refractivity contribution >= 4 is 43.0 Å². The minimum Gasteiger partial charge on any atom is -0.399 e. The van der Waals surface area contributed by atoms with Crippen molar-refractivity contribution in [3.8, 4) is 0 Å². The van der Waals surface area contributed by atoms with Gasteiger partial charge in [0, 0.05) is 21.6 Å². The van der Waals surface area contributed by atoms with Crippen LogP contribution in [-0.2, 0) is 16.6 Å². The van der Waals surface area contributed by atoms with Crippen LogP contribution in [-0.4, -0.2) is 13.4 Å². The van der Waals surface area contributed by atoms with Gasteiger partial charge in [-0.1, -0.05) is 0 Å². The van der Waals surface area contributed by atoms with Crippen LogP contribution >= 0.6 is 27.3 Å². The van der Waals surface area contributed by atoms with E-state index in [-0.39, 0.29) is 11.4 Å². The van der Waals surface area contributed by atoms with Crippen LogP contribution in [0.5, 0.6) is 0 Å². The van der Waals surface area contributed by atoms with E-state index in [1.54, 1.807) is 17.6 Å². The number of nitrogens with zero attached hydrogens (tertiary/aromatic N) is 1. The monoisotopic (exact) mass is 361 g/mol. The summed E-state index contributed by atoms with van der Waals surface area (Å²) in [5.41, 5.74) is 8.54. The number of aromatic nitrogens is 1.